The molecule has 0 spiro atoms. The van der Waals surface area contributed by atoms with Crippen LogP contribution in [-0.4, -0.2) is 21.9 Å². The Hall–Kier alpha value is -2.25. The molecule has 0 fully saturated rings. The van der Waals surface area contributed by atoms with Crippen LogP contribution in [-0.2, 0) is 10.2 Å². The predicted octanol–water partition coefficient (Wildman–Crippen LogP) is 6.35. The van der Waals surface area contributed by atoms with Crippen LogP contribution >= 0.6 is 45.8 Å². The molecular formula is C22H20N4OS4. The quantitative estimate of drug-likeness (QED) is 0.412. The number of fused-ring (bicyclic) bond motifs is 1. The molecule has 5 nitrogen and oxygen atoms in total. The number of aryl methyl sites for hydroxylation is 1. The Balaban J connectivity index is 1.59. The first-order valence-corrected chi connectivity index (χ1v) is 13.1. The Kier molecular flexibility index (Phi) is 6.44. The maximum atomic E-state index is 12.5. The number of nitrogens with one attached hydrogen (secondary N) is 1. The van der Waals surface area contributed by atoms with E-state index in [4.69, 9.17) is 0 Å². The van der Waals surface area contributed by atoms with Crippen LogP contribution in [0.25, 0.3) is 12.2 Å². The number of anilines is 1. The summed E-state index contributed by atoms with van der Waals surface area (Å²) in [5.74, 6) is 0.0844. The monoisotopic (exact) mass is 484 g/mol. The van der Waals surface area contributed by atoms with E-state index in [0.717, 1.165) is 21.2 Å². The van der Waals surface area contributed by atoms with Crippen molar-refractivity contribution in [2.45, 2.75) is 36.9 Å². The van der Waals surface area contributed by atoms with Crippen molar-refractivity contribution >= 4 is 68.8 Å². The number of amides is 1. The summed E-state index contributed by atoms with van der Waals surface area (Å²) in [6.45, 7) is 6.49. The number of rotatable bonds is 6. The van der Waals surface area contributed by atoms with Gasteiger partial charge in [-0.2, -0.15) is 5.26 Å². The van der Waals surface area contributed by atoms with Crippen molar-refractivity contribution in [1.82, 2.24) is 10.2 Å². The molecule has 31 heavy (non-hydrogen) atoms. The highest BCUT2D eigenvalue weighted by Crippen LogP contribution is 2.47. The summed E-state index contributed by atoms with van der Waals surface area (Å²) < 4.78 is 0.752. The van der Waals surface area contributed by atoms with Gasteiger partial charge in [0.15, 0.2) is 4.34 Å². The van der Waals surface area contributed by atoms with Crippen LogP contribution in [0.4, 0.5) is 5.00 Å². The molecular weight excluding hydrogens is 465 g/mol. The van der Waals surface area contributed by atoms with E-state index in [0.29, 0.717) is 10.6 Å². The fraction of sp³-hybridized carbons (Fsp3) is 0.273. The molecule has 0 aliphatic heterocycles. The van der Waals surface area contributed by atoms with E-state index >= 15 is 0 Å². The minimum atomic E-state index is -0.148. The van der Waals surface area contributed by atoms with Crippen molar-refractivity contribution in [1.29, 1.82) is 5.26 Å². The molecule has 3 heterocycles. The van der Waals surface area contributed by atoms with E-state index in [-0.39, 0.29) is 17.1 Å². The fourth-order valence-electron chi connectivity index (χ4n) is 3.47. The first-order chi connectivity index (χ1) is 14.9. The van der Waals surface area contributed by atoms with Gasteiger partial charge in [0.05, 0.1) is 11.3 Å². The fourth-order valence-corrected chi connectivity index (χ4v) is 6.82. The van der Waals surface area contributed by atoms with Gasteiger partial charge in [-0.1, -0.05) is 43.0 Å². The molecule has 0 aromatic carbocycles. The molecule has 0 saturated carbocycles. The molecule has 1 aliphatic carbocycles. The van der Waals surface area contributed by atoms with Crippen molar-refractivity contribution in [3.63, 3.8) is 0 Å². The maximum Gasteiger partial charge on any atom is 0.235 e. The topological polar surface area (TPSA) is 78.7 Å². The van der Waals surface area contributed by atoms with E-state index in [2.05, 4.69) is 72.0 Å². The Labute approximate surface area is 197 Å². The lowest BCUT2D eigenvalue weighted by atomic mass is 9.77. The maximum absolute atomic E-state index is 12.5. The van der Waals surface area contributed by atoms with Crippen molar-refractivity contribution in [3.8, 4) is 6.07 Å². The summed E-state index contributed by atoms with van der Waals surface area (Å²) in [6, 6.07) is 4.44. The Morgan fingerprint density at radius 1 is 1.39 bits per heavy atom. The van der Waals surface area contributed by atoms with Gasteiger partial charge < -0.3 is 5.32 Å². The van der Waals surface area contributed by atoms with Crippen LogP contribution in [0.3, 0.4) is 0 Å². The van der Waals surface area contributed by atoms with Gasteiger partial charge in [-0.15, -0.1) is 32.9 Å². The van der Waals surface area contributed by atoms with E-state index in [1.165, 1.54) is 50.4 Å². The molecule has 0 atom stereocenters. The lowest BCUT2D eigenvalue weighted by molar-refractivity contribution is -0.113. The number of carbonyl (C=O) groups excluding carboxylic acids is 1. The minimum Gasteiger partial charge on any atom is -0.316 e. The van der Waals surface area contributed by atoms with Crippen molar-refractivity contribution < 1.29 is 4.79 Å². The van der Waals surface area contributed by atoms with Gasteiger partial charge in [0.25, 0.3) is 0 Å². The number of hydrogen-bond donors (Lipinski definition) is 1. The zero-order valence-electron chi connectivity index (χ0n) is 17.3. The van der Waals surface area contributed by atoms with Crippen LogP contribution in [0, 0.1) is 18.3 Å². The van der Waals surface area contributed by atoms with Gasteiger partial charge >= 0.3 is 0 Å². The van der Waals surface area contributed by atoms with Crippen LogP contribution in [0.1, 0.15) is 46.7 Å². The van der Waals surface area contributed by atoms with Crippen LogP contribution in [0.5, 0.6) is 0 Å². The van der Waals surface area contributed by atoms with Crippen molar-refractivity contribution in [2.75, 3.05) is 11.1 Å². The summed E-state index contributed by atoms with van der Waals surface area (Å²) in [5.41, 5.74) is 5.45. The van der Waals surface area contributed by atoms with Gasteiger partial charge in [-0.25, -0.2) is 0 Å². The average molecular weight is 485 g/mol. The molecule has 1 aliphatic rings. The zero-order chi connectivity index (χ0) is 22.0. The second-order valence-corrected chi connectivity index (χ2v) is 11.8. The first kappa shape index (κ1) is 22.0. The Bertz CT molecular complexity index is 1210. The van der Waals surface area contributed by atoms with Crippen molar-refractivity contribution in [3.05, 3.63) is 55.1 Å². The van der Waals surface area contributed by atoms with Crippen LogP contribution in [0.15, 0.2) is 32.9 Å². The molecule has 0 saturated heterocycles. The molecule has 1 amide bonds. The highest BCUT2D eigenvalue weighted by Gasteiger charge is 2.33. The lowest BCUT2D eigenvalue weighted by Gasteiger charge is -2.29. The van der Waals surface area contributed by atoms with Gasteiger partial charge in [0, 0.05) is 20.7 Å². The second kappa shape index (κ2) is 9.09. The molecule has 158 valence electrons. The molecule has 0 radical (unpaired) electrons. The van der Waals surface area contributed by atoms with E-state index < -0.39 is 0 Å². The number of allylic oxidation sites excluding steroid dienone is 2. The summed E-state index contributed by atoms with van der Waals surface area (Å²) >= 11 is 5.98. The first-order valence-electron chi connectivity index (χ1n) is 9.56. The summed E-state index contributed by atoms with van der Waals surface area (Å²) in [7, 11) is 0. The number of carbonyl (C=O) groups is 1. The molecule has 3 aromatic heterocycles. The molecule has 0 unspecified atom stereocenters. The number of hydrogen-bond acceptors (Lipinski definition) is 8. The molecule has 9 heteroatoms. The van der Waals surface area contributed by atoms with E-state index in [1.807, 2.05) is 0 Å². The number of thioether (sulfide) groups is 1. The zero-order valence-corrected chi connectivity index (χ0v) is 20.5. The lowest BCUT2D eigenvalue weighted by Crippen LogP contribution is -2.20. The number of nitriles is 1. The minimum absolute atomic E-state index is 0.116. The normalized spacial score (nSPS) is 14.8. The predicted molar refractivity (Wildman–Crippen MR) is 132 cm³/mol. The number of aromatic nitrogens is 2. The highest BCUT2D eigenvalue weighted by atomic mass is 32.2. The number of thiophene rings is 2. The van der Waals surface area contributed by atoms with Gasteiger partial charge in [-0.3, -0.25) is 4.79 Å². The average Bonchev–Trinajstić information content (AvgIpc) is 3.45. The van der Waals surface area contributed by atoms with Gasteiger partial charge in [0.1, 0.15) is 16.6 Å². The summed E-state index contributed by atoms with van der Waals surface area (Å²) in [4.78, 5) is 14.9. The molecule has 0 bridgehead atoms. The third kappa shape index (κ3) is 4.83. The van der Waals surface area contributed by atoms with Crippen LogP contribution < -0.4 is 5.32 Å². The smallest absolute Gasteiger partial charge is 0.235 e. The SMILES string of the molecule is Cc1ccsc1/C=C/C1=Cc2c(sc(NC(=O)CSc3nncs3)c2C#N)C(C)(C)C1. The van der Waals surface area contributed by atoms with E-state index in [1.54, 1.807) is 16.8 Å². The number of nitrogens with zero attached hydrogens (tertiary/aromatic N) is 3. The van der Waals surface area contributed by atoms with E-state index in [9.17, 15) is 10.1 Å². The summed E-state index contributed by atoms with van der Waals surface area (Å²) in [6.07, 6.45) is 7.28. The third-order valence-corrected chi connectivity index (χ3v) is 9.25. The Morgan fingerprint density at radius 2 is 2.23 bits per heavy atom. The van der Waals surface area contributed by atoms with Crippen molar-refractivity contribution in [2.24, 2.45) is 0 Å². The van der Waals surface area contributed by atoms with Crippen LogP contribution in [0.2, 0.25) is 0 Å². The largest absolute Gasteiger partial charge is 0.316 e. The standard InChI is InChI=1S/C22H20N4OS4/c1-13-6-7-28-17(13)5-4-14-8-15-16(10-23)20(31-19(15)22(2,3)9-14)25-18(27)11-29-21-26-24-12-30-21/h4-8,12H,9,11H2,1-3H3,(H,25,27)/b5-4+. The Morgan fingerprint density at radius 3 is 2.90 bits per heavy atom. The third-order valence-electron chi connectivity index (χ3n) is 4.92. The molecule has 1 N–H and O–H groups in total. The highest BCUT2D eigenvalue weighted by molar-refractivity contribution is 8.01. The van der Waals surface area contributed by atoms with Gasteiger partial charge in [0.2, 0.25) is 5.91 Å². The summed E-state index contributed by atoms with van der Waals surface area (Å²) in [5, 5.41) is 23.2. The van der Waals surface area contributed by atoms with Gasteiger partial charge in [-0.05, 0) is 48.1 Å². The molecule has 4 rings (SSSR count). The molecule has 3 aromatic rings. The second-order valence-electron chi connectivity index (χ2n) is 7.78.